The fourth-order valence-corrected chi connectivity index (χ4v) is 2.23. The van der Waals surface area contributed by atoms with Crippen molar-refractivity contribution in [2.75, 3.05) is 18.4 Å². The molecule has 2 amide bonds. The molecule has 7 heteroatoms. The highest BCUT2D eigenvalue weighted by atomic mass is 32.1. The summed E-state index contributed by atoms with van der Waals surface area (Å²) in [5.74, 6) is 0. The predicted octanol–water partition coefficient (Wildman–Crippen LogP) is 0.720. The van der Waals surface area contributed by atoms with Gasteiger partial charge in [0, 0.05) is 12.6 Å². The number of carbonyl (C=O) groups is 1. The van der Waals surface area contributed by atoms with Gasteiger partial charge >= 0.3 is 6.03 Å². The highest BCUT2D eigenvalue weighted by Gasteiger charge is 2.15. The molecule has 1 fully saturated rings. The van der Waals surface area contributed by atoms with Gasteiger partial charge in [0.2, 0.25) is 5.13 Å². The normalized spacial score (nSPS) is 20.4. The molecule has 1 saturated heterocycles. The number of urea groups is 1. The van der Waals surface area contributed by atoms with Crippen molar-refractivity contribution in [3.05, 3.63) is 5.01 Å². The average Bonchev–Trinajstić information content (AvgIpc) is 2.65. The zero-order valence-corrected chi connectivity index (χ0v) is 9.93. The van der Waals surface area contributed by atoms with Crippen LogP contribution in [0.15, 0.2) is 0 Å². The van der Waals surface area contributed by atoms with E-state index in [-0.39, 0.29) is 12.1 Å². The van der Waals surface area contributed by atoms with Crippen LogP contribution < -0.4 is 16.0 Å². The van der Waals surface area contributed by atoms with Gasteiger partial charge in [-0.2, -0.15) is 0 Å². The van der Waals surface area contributed by atoms with Crippen LogP contribution in [0.1, 0.15) is 17.8 Å². The molecule has 0 aromatic carbocycles. The van der Waals surface area contributed by atoms with Crippen molar-refractivity contribution >= 4 is 22.5 Å². The summed E-state index contributed by atoms with van der Waals surface area (Å²) in [6.07, 6.45) is 2.12. The van der Waals surface area contributed by atoms with Gasteiger partial charge in [0.15, 0.2) is 0 Å². The number of anilines is 1. The Balaban J connectivity index is 1.79. The lowest BCUT2D eigenvalue weighted by molar-refractivity contribution is 0.245. The maximum Gasteiger partial charge on any atom is 0.321 e. The Morgan fingerprint density at radius 2 is 2.44 bits per heavy atom. The predicted molar refractivity (Wildman–Crippen MR) is 62.7 cm³/mol. The van der Waals surface area contributed by atoms with Crippen LogP contribution in [-0.4, -0.2) is 35.4 Å². The quantitative estimate of drug-likeness (QED) is 0.713. The highest BCUT2D eigenvalue weighted by molar-refractivity contribution is 7.15. The van der Waals surface area contributed by atoms with E-state index < -0.39 is 0 Å². The second-order valence-corrected chi connectivity index (χ2v) is 4.95. The number of aryl methyl sites for hydroxylation is 1. The second-order valence-electron chi connectivity index (χ2n) is 3.77. The van der Waals surface area contributed by atoms with Crippen molar-refractivity contribution in [2.24, 2.45) is 0 Å². The smallest absolute Gasteiger partial charge is 0.321 e. The van der Waals surface area contributed by atoms with E-state index in [0.717, 1.165) is 30.9 Å². The molecule has 2 rings (SSSR count). The third-order valence-corrected chi connectivity index (χ3v) is 3.13. The summed E-state index contributed by atoms with van der Waals surface area (Å²) in [5.41, 5.74) is 0. The summed E-state index contributed by atoms with van der Waals surface area (Å²) < 4.78 is 0. The van der Waals surface area contributed by atoms with Crippen molar-refractivity contribution in [2.45, 2.75) is 25.8 Å². The standard InChI is InChI=1S/C9H15N5OS/c1-6-13-14-9(16-6)12-8(15)11-7-3-2-4-10-5-7/h7,10H,2-5H2,1H3,(H2,11,12,14,15)/t7-/m0/s1. The van der Waals surface area contributed by atoms with E-state index in [1.54, 1.807) is 0 Å². The molecule has 2 heterocycles. The van der Waals surface area contributed by atoms with Crippen LogP contribution in [0.4, 0.5) is 9.93 Å². The SMILES string of the molecule is Cc1nnc(NC(=O)N[C@H]2CCCNC2)s1. The maximum absolute atomic E-state index is 11.6. The van der Waals surface area contributed by atoms with E-state index in [4.69, 9.17) is 0 Å². The molecule has 1 aliphatic heterocycles. The van der Waals surface area contributed by atoms with Crippen LogP contribution in [0.5, 0.6) is 0 Å². The highest BCUT2D eigenvalue weighted by Crippen LogP contribution is 2.13. The van der Waals surface area contributed by atoms with Gasteiger partial charge in [-0.05, 0) is 26.3 Å². The van der Waals surface area contributed by atoms with E-state index in [2.05, 4.69) is 26.1 Å². The molecular formula is C9H15N5OS. The van der Waals surface area contributed by atoms with Crippen molar-refractivity contribution in [3.8, 4) is 0 Å². The number of aromatic nitrogens is 2. The minimum Gasteiger partial charge on any atom is -0.334 e. The fourth-order valence-electron chi connectivity index (χ4n) is 1.64. The number of carbonyl (C=O) groups excluding carboxylic acids is 1. The molecule has 0 saturated carbocycles. The zero-order valence-electron chi connectivity index (χ0n) is 9.12. The van der Waals surface area contributed by atoms with Crippen LogP contribution in [-0.2, 0) is 0 Å². The third kappa shape index (κ3) is 3.14. The molecule has 3 N–H and O–H groups in total. The Hall–Kier alpha value is -1.21. The molecule has 0 unspecified atom stereocenters. The number of nitrogens with zero attached hydrogens (tertiary/aromatic N) is 2. The number of nitrogens with one attached hydrogen (secondary N) is 3. The van der Waals surface area contributed by atoms with Gasteiger partial charge in [-0.15, -0.1) is 10.2 Å². The molecule has 0 aliphatic carbocycles. The van der Waals surface area contributed by atoms with Crippen LogP contribution in [0.3, 0.4) is 0 Å². The van der Waals surface area contributed by atoms with Gasteiger partial charge in [0.05, 0.1) is 0 Å². The number of amides is 2. The van der Waals surface area contributed by atoms with E-state index >= 15 is 0 Å². The number of hydrogen-bond donors (Lipinski definition) is 3. The summed E-state index contributed by atoms with van der Waals surface area (Å²) >= 11 is 1.37. The number of hydrogen-bond acceptors (Lipinski definition) is 5. The van der Waals surface area contributed by atoms with E-state index in [9.17, 15) is 4.79 Å². The molecule has 6 nitrogen and oxygen atoms in total. The van der Waals surface area contributed by atoms with Crippen molar-refractivity contribution < 1.29 is 4.79 Å². The van der Waals surface area contributed by atoms with Crippen LogP contribution in [0.2, 0.25) is 0 Å². The first kappa shape index (κ1) is 11.3. The largest absolute Gasteiger partial charge is 0.334 e. The first-order valence-corrected chi connectivity index (χ1v) is 6.14. The van der Waals surface area contributed by atoms with Gasteiger partial charge in [-0.1, -0.05) is 11.3 Å². The van der Waals surface area contributed by atoms with Gasteiger partial charge < -0.3 is 10.6 Å². The summed E-state index contributed by atoms with van der Waals surface area (Å²) in [4.78, 5) is 11.6. The maximum atomic E-state index is 11.6. The van der Waals surface area contributed by atoms with Gasteiger partial charge in [-0.25, -0.2) is 4.79 Å². The average molecular weight is 241 g/mol. The second kappa shape index (κ2) is 5.22. The molecule has 1 aromatic rings. The van der Waals surface area contributed by atoms with Gasteiger partial charge in [0.1, 0.15) is 5.01 Å². The van der Waals surface area contributed by atoms with Gasteiger partial charge in [0.25, 0.3) is 0 Å². The molecule has 1 atom stereocenters. The van der Waals surface area contributed by atoms with Gasteiger partial charge in [-0.3, -0.25) is 5.32 Å². The first-order chi connectivity index (χ1) is 7.74. The fraction of sp³-hybridized carbons (Fsp3) is 0.667. The Bertz CT molecular complexity index is 361. The minimum atomic E-state index is -0.204. The molecule has 1 aromatic heterocycles. The van der Waals surface area contributed by atoms with Crippen molar-refractivity contribution in [1.82, 2.24) is 20.8 Å². The van der Waals surface area contributed by atoms with Crippen LogP contribution in [0.25, 0.3) is 0 Å². The van der Waals surface area contributed by atoms with E-state index in [0.29, 0.717) is 5.13 Å². The first-order valence-electron chi connectivity index (χ1n) is 5.32. The van der Waals surface area contributed by atoms with Crippen molar-refractivity contribution in [1.29, 1.82) is 0 Å². The Labute approximate surface area is 97.8 Å². The molecule has 0 radical (unpaired) electrons. The molecule has 88 valence electrons. The lowest BCUT2D eigenvalue weighted by Gasteiger charge is -2.23. The summed E-state index contributed by atoms with van der Waals surface area (Å²) in [6, 6.07) is 0.00705. The van der Waals surface area contributed by atoms with Crippen LogP contribution in [0, 0.1) is 6.92 Å². The van der Waals surface area contributed by atoms with E-state index in [1.165, 1.54) is 11.3 Å². The molecule has 0 spiro atoms. The Morgan fingerprint density at radius 3 is 3.06 bits per heavy atom. The number of rotatable bonds is 2. The van der Waals surface area contributed by atoms with E-state index in [1.807, 2.05) is 6.92 Å². The Kier molecular flexibility index (Phi) is 3.68. The number of piperidine rings is 1. The monoisotopic (exact) mass is 241 g/mol. The minimum absolute atomic E-state index is 0.204. The molecular weight excluding hydrogens is 226 g/mol. The zero-order chi connectivity index (χ0) is 11.4. The summed E-state index contributed by atoms with van der Waals surface area (Å²) in [6.45, 7) is 3.73. The third-order valence-electron chi connectivity index (χ3n) is 2.38. The Morgan fingerprint density at radius 1 is 1.56 bits per heavy atom. The summed E-state index contributed by atoms with van der Waals surface area (Å²) in [5, 5.41) is 17.9. The summed E-state index contributed by atoms with van der Waals surface area (Å²) in [7, 11) is 0. The lowest BCUT2D eigenvalue weighted by atomic mass is 10.1. The van der Waals surface area contributed by atoms with Crippen LogP contribution >= 0.6 is 11.3 Å². The molecule has 16 heavy (non-hydrogen) atoms. The lowest BCUT2D eigenvalue weighted by Crippen LogP contribution is -2.47. The topological polar surface area (TPSA) is 78.9 Å². The molecule has 0 bridgehead atoms. The van der Waals surface area contributed by atoms with Crippen molar-refractivity contribution in [3.63, 3.8) is 0 Å². The molecule has 1 aliphatic rings.